The molecule has 8 rings (SSSR count). The topological polar surface area (TPSA) is 12.0 Å². The van der Waals surface area contributed by atoms with Crippen LogP contribution in [0, 0.1) is 0 Å². The van der Waals surface area contributed by atoms with Crippen molar-refractivity contribution in [1.82, 2.24) is 4.65 Å². The number of fused-ring (bicyclic) bond motifs is 2. The first kappa shape index (κ1) is 38.8. The maximum absolute atomic E-state index is 3.74. The van der Waals surface area contributed by atoms with Gasteiger partial charge in [-0.05, 0) is 80.3 Å². The molecule has 1 nitrogen and oxygen atoms in total. The molecular weight excluding hydrogens is 733 g/mol. The van der Waals surface area contributed by atoms with Gasteiger partial charge in [0, 0.05) is 0 Å². The molecule has 8 aromatic carbocycles. The third kappa shape index (κ3) is 9.33. The molecule has 0 saturated heterocycles. The summed E-state index contributed by atoms with van der Waals surface area (Å²) in [7, 11) is -3.67. The van der Waals surface area contributed by atoms with Gasteiger partial charge in [0.2, 0.25) is 0 Å². The monoisotopic (exact) mass is 783 g/mol. The molecule has 0 aliphatic rings. The maximum atomic E-state index is 3.74. The smallest absolute Gasteiger partial charge is 0.109 e. The van der Waals surface area contributed by atoms with Crippen molar-refractivity contribution in [3.8, 4) is 11.1 Å². The van der Waals surface area contributed by atoms with Gasteiger partial charge in [0.25, 0.3) is 0 Å². The maximum Gasteiger partial charge on any atom is 0.109 e. The summed E-state index contributed by atoms with van der Waals surface area (Å²) in [5.41, 5.74) is 2.70. The highest BCUT2D eigenvalue weighted by atomic mass is 31.1. The highest BCUT2D eigenvalue weighted by molar-refractivity contribution is 7.80. The van der Waals surface area contributed by atoms with Gasteiger partial charge in [0.1, 0.15) is 16.5 Å². The van der Waals surface area contributed by atoms with Gasteiger partial charge in [0.05, 0.1) is 0 Å². The van der Waals surface area contributed by atoms with E-state index in [1.807, 2.05) is 0 Å². The lowest BCUT2D eigenvalue weighted by Gasteiger charge is -2.28. The largest absolute Gasteiger partial charge is 0.360 e. The normalized spacial score (nSPS) is 11.9. The van der Waals surface area contributed by atoms with Gasteiger partial charge in [-0.3, -0.25) is 0 Å². The molecule has 274 valence electrons. The fourth-order valence-corrected chi connectivity index (χ4v) is 21.7. The molecule has 1 N–H and O–H groups in total. The van der Waals surface area contributed by atoms with Crippen LogP contribution in [-0.4, -0.2) is 16.5 Å². The van der Waals surface area contributed by atoms with Crippen molar-refractivity contribution in [3.05, 3.63) is 194 Å². The van der Waals surface area contributed by atoms with Crippen LogP contribution in [0.15, 0.2) is 194 Å². The predicted octanol–water partition coefficient (Wildman–Crippen LogP) is 11.4. The van der Waals surface area contributed by atoms with Crippen LogP contribution < -0.4 is 36.5 Å². The Morgan fingerprint density at radius 2 is 0.582 bits per heavy atom. The molecule has 55 heavy (non-hydrogen) atoms. The van der Waals surface area contributed by atoms with Gasteiger partial charge in [0.15, 0.2) is 0 Å². The number of nitrogens with one attached hydrogen (secondary N) is 1. The van der Waals surface area contributed by atoms with Crippen LogP contribution in [0.5, 0.6) is 0 Å². The molecule has 0 saturated carbocycles. The highest BCUT2D eigenvalue weighted by Crippen LogP contribution is 2.45. The molecule has 0 fully saturated rings. The summed E-state index contributed by atoms with van der Waals surface area (Å²) < 4.78 is 3.74. The lowest BCUT2D eigenvalue weighted by Crippen LogP contribution is -2.55. The van der Waals surface area contributed by atoms with Crippen molar-refractivity contribution >= 4 is 85.7 Å². The van der Waals surface area contributed by atoms with Crippen LogP contribution in [-0.2, 0) is 0 Å². The summed E-state index contributed by atoms with van der Waals surface area (Å²) in [6.45, 7) is 14.1. The second-order valence-corrected chi connectivity index (χ2v) is 30.4. The molecule has 0 aromatic heterocycles. The first-order chi connectivity index (χ1) is 26.6. The third-order valence-electron chi connectivity index (χ3n) is 9.35. The molecule has 5 heteroatoms. The molecule has 0 radical (unpaired) electrons. The minimum absolute atomic E-state index is 0.852. The van der Waals surface area contributed by atoms with Crippen LogP contribution in [0.25, 0.3) is 32.7 Å². The zero-order valence-electron chi connectivity index (χ0n) is 32.9. The fourth-order valence-electron chi connectivity index (χ4n) is 7.71. The zero-order valence-corrected chi connectivity index (χ0v) is 36.7. The Kier molecular flexibility index (Phi) is 12.1. The molecule has 0 bridgehead atoms. The van der Waals surface area contributed by atoms with Crippen LogP contribution in [0.1, 0.15) is 0 Å². The van der Waals surface area contributed by atoms with E-state index in [0.29, 0.717) is 0 Å². The summed E-state index contributed by atoms with van der Waals surface area (Å²) in [4.78, 5) is 0. The standard InChI is InChI=1S/C44H32P2.C6H19NSi2/c1-5-19-35(20-6-1)45(36-21-7-2-8-22-36)41-31-29-33-17-13-15-27-39(33)43(41)44-40-28-16-14-18-34(40)30-32-42(44)46(37-23-9-3-10-24-37)38-25-11-4-12-26-38;1-8(2,3)7-9(4,5)6/h1-32H;7H,1-6H3. The summed E-state index contributed by atoms with van der Waals surface area (Å²) in [6, 6.07) is 71.8. The van der Waals surface area contributed by atoms with Gasteiger partial charge in [-0.25, -0.2) is 0 Å². The van der Waals surface area contributed by atoms with Gasteiger partial charge in [-0.1, -0.05) is 233 Å². The Balaban J connectivity index is 0.000000462. The minimum atomic E-state index is -0.981. The second kappa shape index (κ2) is 17.1. The molecule has 8 aromatic rings. The van der Waals surface area contributed by atoms with E-state index in [1.165, 1.54) is 64.5 Å². The van der Waals surface area contributed by atoms with Gasteiger partial charge < -0.3 is 4.65 Å². The Bertz CT molecular complexity index is 2220. The molecule has 0 aliphatic carbocycles. The Morgan fingerprint density at radius 3 is 0.855 bits per heavy atom. The molecule has 0 spiro atoms. The lowest BCUT2D eigenvalue weighted by molar-refractivity contribution is 1.30. The number of rotatable bonds is 9. The number of hydrogen-bond donors (Lipinski definition) is 1. The van der Waals surface area contributed by atoms with Crippen molar-refractivity contribution in [1.29, 1.82) is 0 Å². The minimum Gasteiger partial charge on any atom is -0.360 e. The van der Waals surface area contributed by atoms with Crippen LogP contribution in [0.2, 0.25) is 39.3 Å². The van der Waals surface area contributed by atoms with Gasteiger partial charge in [-0.15, -0.1) is 0 Å². The number of hydrogen-bond acceptors (Lipinski definition) is 1. The fraction of sp³-hybridized carbons (Fsp3) is 0.120. The van der Waals surface area contributed by atoms with E-state index in [2.05, 4.69) is 238 Å². The predicted molar refractivity (Wildman–Crippen MR) is 254 cm³/mol. The average molecular weight is 784 g/mol. The van der Waals surface area contributed by atoms with E-state index >= 15 is 0 Å². The van der Waals surface area contributed by atoms with Crippen LogP contribution >= 0.6 is 15.8 Å². The Morgan fingerprint density at radius 1 is 0.309 bits per heavy atom. The molecule has 0 aliphatic heterocycles. The molecule has 0 unspecified atom stereocenters. The first-order valence-electron chi connectivity index (χ1n) is 19.2. The number of benzene rings is 8. The van der Waals surface area contributed by atoms with Gasteiger partial charge >= 0.3 is 0 Å². The molecule has 0 atom stereocenters. The third-order valence-corrected chi connectivity index (χ3v) is 20.3. The SMILES string of the molecule is C[Si](C)(C)N[Si](C)(C)C.c1ccc(P(c2ccccc2)c2ccc3ccccc3c2-c2c(P(c3ccccc3)c3ccccc3)ccc3ccccc23)cc1. The summed E-state index contributed by atoms with van der Waals surface area (Å²) in [6.07, 6.45) is 0. The van der Waals surface area contributed by atoms with Crippen molar-refractivity contribution < 1.29 is 0 Å². The zero-order chi connectivity index (χ0) is 38.4. The average Bonchev–Trinajstić information content (AvgIpc) is 3.19. The van der Waals surface area contributed by atoms with E-state index in [-0.39, 0.29) is 0 Å². The summed E-state index contributed by atoms with van der Waals surface area (Å²) >= 11 is 0. The van der Waals surface area contributed by atoms with Crippen molar-refractivity contribution in [2.45, 2.75) is 39.3 Å². The quantitative estimate of drug-likeness (QED) is 0.114. The molecule has 0 heterocycles. The van der Waals surface area contributed by atoms with Crippen LogP contribution in [0.4, 0.5) is 0 Å². The van der Waals surface area contributed by atoms with Crippen molar-refractivity contribution in [2.24, 2.45) is 0 Å². The van der Waals surface area contributed by atoms with E-state index < -0.39 is 32.3 Å². The molecular formula is C50H51NP2Si2. The highest BCUT2D eigenvalue weighted by Gasteiger charge is 2.28. The summed E-state index contributed by atoms with van der Waals surface area (Å²) in [5, 5.41) is 13.3. The van der Waals surface area contributed by atoms with Crippen LogP contribution in [0.3, 0.4) is 0 Å². The van der Waals surface area contributed by atoms with E-state index in [0.717, 1.165) is 0 Å². The van der Waals surface area contributed by atoms with E-state index in [9.17, 15) is 0 Å². The Labute approximate surface area is 333 Å². The first-order valence-corrected chi connectivity index (χ1v) is 28.9. The second-order valence-electron chi connectivity index (χ2n) is 16.0. The lowest BCUT2D eigenvalue weighted by atomic mass is 9.93. The van der Waals surface area contributed by atoms with Gasteiger partial charge in [-0.2, -0.15) is 0 Å². The van der Waals surface area contributed by atoms with Crippen molar-refractivity contribution in [2.75, 3.05) is 0 Å². The molecule has 0 amide bonds. The van der Waals surface area contributed by atoms with E-state index in [4.69, 9.17) is 0 Å². The van der Waals surface area contributed by atoms with E-state index in [1.54, 1.807) is 0 Å². The summed E-state index contributed by atoms with van der Waals surface area (Å²) in [5.74, 6) is 0. The van der Waals surface area contributed by atoms with Crippen molar-refractivity contribution in [3.63, 3.8) is 0 Å². The Hall–Kier alpha value is -4.47.